The largest absolute Gasteiger partial charge is 0.354 e. The van der Waals surface area contributed by atoms with Crippen molar-refractivity contribution in [3.8, 4) is 11.1 Å². The van der Waals surface area contributed by atoms with Gasteiger partial charge < -0.3 is 10.2 Å². The van der Waals surface area contributed by atoms with Crippen LogP contribution >= 0.6 is 22.9 Å². The summed E-state index contributed by atoms with van der Waals surface area (Å²) in [5.74, 6) is 0. The fraction of sp³-hybridized carbons (Fsp3) is 0.333. The zero-order valence-corrected chi connectivity index (χ0v) is 34.7. The number of hydrogen-bond donors (Lipinski definition) is 1. The molecule has 52 heavy (non-hydrogen) atoms. The number of benzene rings is 5. The number of hydrogen-bond acceptors (Lipinski definition) is 3. The van der Waals surface area contributed by atoms with Crippen molar-refractivity contribution in [3.63, 3.8) is 0 Å². The molecule has 0 aliphatic heterocycles. The molecule has 0 unspecified atom stereocenters. The molecule has 0 saturated carbocycles. The molecule has 270 valence electrons. The number of rotatable bonds is 6. The molecule has 0 aliphatic carbocycles. The van der Waals surface area contributed by atoms with Gasteiger partial charge in [-0.15, -0.1) is 11.3 Å². The van der Waals surface area contributed by atoms with Crippen LogP contribution in [0.2, 0.25) is 5.02 Å². The molecule has 1 N–H and O–H groups in total. The Balaban J connectivity index is 1.54. The van der Waals surface area contributed by atoms with Crippen molar-refractivity contribution >= 4 is 61.5 Å². The summed E-state index contributed by atoms with van der Waals surface area (Å²) in [6.45, 7) is 27.3. The quantitative estimate of drug-likeness (QED) is 0.184. The van der Waals surface area contributed by atoms with E-state index in [1.165, 1.54) is 43.5 Å². The smallest absolute Gasteiger partial charge is 0.0881 e. The lowest BCUT2D eigenvalue weighted by Gasteiger charge is -2.28. The zero-order chi connectivity index (χ0) is 37.8. The van der Waals surface area contributed by atoms with Crippen molar-refractivity contribution in [2.75, 3.05) is 10.2 Å². The third kappa shape index (κ3) is 7.97. The highest BCUT2D eigenvalue weighted by atomic mass is 35.5. The van der Waals surface area contributed by atoms with Gasteiger partial charge in [-0.1, -0.05) is 149 Å². The van der Waals surface area contributed by atoms with Crippen LogP contribution in [-0.2, 0) is 21.7 Å². The fourth-order valence-corrected chi connectivity index (χ4v) is 7.71. The maximum atomic E-state index is 7.48. The first-order chi connectivity index (χ1) is 24.2. The summed E-state index contributed by atoms with van der Waals surface area (Å²) in [7, 11) is 0. The normalized spacial score (nSPS) is 12.7. The van der Waals surface area contributed by atoms with Crippen LogP contribution in [0.15, 0.2) is 109 Å². The number of fused-ring (bicyclic) bond motifs is 1. The lowest BCUT2D eigenvalue weighted by atomic mass is 9.79. The van der Waals surface area contributed by atoms with Gasteiger partial charge in [-0.05, 0) is 104 Å². The number of nitrogens with one attached hydrogen (secondary N) is 1. The first-order valence-electron chi connectivity index (χ1n) is 18.4. The molecular formula is C48H55ClN2S. The topological polar surface area (TPSA) is 15.3 Å². The predicted octanol–water partition coefficient (Wildman–Crippen LogP) is 15.6. The summed E-state index contributed by atoms with van der Waals surface area (Å²) in [4.78, 5) is 2.35. The molecule has 0 spiro atoms. The van der Waals surface area contributed by atoms with E-state index >= 15 is 0 Å². The van der Waals surface area contributed by atoms with Crippen LogP contribution in [0.1, 0.15) is 105 Å². The summed E-state index contributed by atoms with van der Waals surface area (Å²) in [5.41, 5.74) is 12.8. The van der Waals surface area contributed by atoms with Crippen molar-refractivity contribution < 1.29 is 0 Å². The van der Waals surface area contributed by atoms with Gasteiger partial charge in [-0.25, -0.2) is 0 Å². The van der Waals surface area contributed by atoms with E-state index in [2.05, 4.69) is 202 Å². The van der Waals surface area contributed by atoms with Crippen molar-refractivity contribution in [2.24, 2.45) is 0 Å². The second-order valence-corrected chi connectivity index (χ2v) is 19.6. The summed E-state index contributed by atoms with van der Waals surface area (Å²) < 4.78 is 1.25. The van der Waals surface area contributed by atoms with Gasteiger partial charge in [-0.3, -0.25) is 0 Å². The highest BCUT2D eigenvalue weighted by molar-refractivity contribution is 7.17. The molecule has 4 heteroatoms. The molecular weight excluding hydrogens is 672 g/mol. The monoisotopic (exact) mass is 726 g/mol. The van der Waals surface area contributed by atoms with Crippen molar-refractivity contribution in [2.45, 2.75) is 105 Å². The molecule has 5 aromatic carbocycles. The summed E-state index contributed by atoms with van der Waals surface area (Å²) in [5, 5.41) is 7.80. The van der Waals surface area contributed by atoms with Crippen molar-refractivity contribution in [3.05, 3.63) is 136 Å². The summed E-state index contributed by atoms with van der Waals surface area (Å²) in [6.07, 6.45) is 0. The Morgan fingerprint density at radius 2 is 1.10 bits per heavy atom. The first-order valence-corrected chi connectivity index (χ1v) is 19.7. The third-order valence-corrected chi connectivity index (χ3v) is 11.4. The minimum absolute atomic E-state index is 0.0188. The van der Waals surface area contributed by atoms with E-state index in [9.17, 15) is 0 Å². The van der Waals surface area contributed by atoms with Gasteiger partial charge in [-0.2, -0.15) is 0 Å². The summed E-state index contributed by atoms with van der Waals surface area (Å²) >= 11 is 9.25. The molecule has 0 fully saturated rings. The minimum Gasteiger partial charge on any atom is -0.354 e. The highest BCUT2D eigenvalue weighted by Crippen LogP contribution is 2.48. The SMILES string of the molecule is CC(C)(C)c1ccc(Nc2cccc(N(c3cccc(-c4cc(C(C)(C)C)cc(C(C)(C)C)c4)c3)c3csc4ccc(C(C)(C)C)cc34)c2Cl)cc1. The Bertz CT molecular complexity index is 2180. The van der Waals surface area contributed by atoms with E-state index in [0.717, 1.165) is 28.4 Å². The predicted molar refractivity (Wildman–Crippen MR) is 231 cm³/mol. The van der Waals surface area contributed by atoms with Gasteiger partial charge in [0.2, 0.25) is 0 Å². The lowest BCUT2D eigenvalue weighted by Crippen LogP contribution is -2.16. The minimum atomic E-state index is 0.0188. The van der Waals surface area contributed by atoms with Crippen LogP contribution in [-0.4, -0.2) is 0 Å². The Morgan fingerprint density at radius 1 is 0.519 bits per heavy atom. The van der Waals surface area contributed by atoms with E-state index in [-0.39, 0.29) is 21.7 Å². The molecule has 1 heterocycles. The zero-order valence-electron chi connectivity index (χ0n) is 33.1. The Morgan fingerprint density at radius 3 is 1.69 bits per heavy atom. The molecule has 6 aromatic rings. The average Bonchev–Trinajstić information content (AvgIpc) is 3.48. The molecule has 2 nitrogen and oxygen atoms in total. The fourth-order valence-electron chi connectivity index (χ4n) is 6.55. The maximum absolute atomic E-state index is 7.48. The number of nitrogens with zero attached hydrogens (tertiary/aromatic N) is 1. The van der Waals surface area contributed by atoms with E-state index in [0.29, 0.717) is 5.02 Å². The molecule has 0 amide bonds. The van der Waals surface area contributed by atoms with Gasteiger partial charge in [0.05, 0.1) is 22.1 Å². The van der Waals surface area contributed by atoms with Crippen LogP contribution in [0, 0.1) is 0 Å². The molecule has 0 atom stereocenters. The van der Waals surface area contributed by atoms with E-state index in [1.807, 2.05) is 0 Å². The lowest BCUT2D eigenvalue weighted by molar-refractivity contribution is 0.569. The van der Waals surface area contributed by atoms with Gasteiger partial charge in [0.15, 0.2) is 0 Å². The second kappa shape index (κ2) is 13.7. The van der Waals surface area contributed by atoms with Gasteiger partial charge >= 0.3 is 0 Å². The molecule has 0 saturated heterocycles. The number of anilines is 5. The van der Waals surface area contributed by atoms with Crippen molar-refractivity contribution in [1.29, 1.82) is 0 Å². The van der Waals surface area contributed by atoms with Crippen LogP contribution < -0.4 is 10.2 Å². The van der Waals surface area contributed by atoms with Crippen LogP contribution in [0.5, 0.6) is 0 Å². The van der Waals surface area contributed by atoms with Gasteiger partial charge in [0.25, 0.3) is 0 Å². The Labute approximate surface area is 321 Å². The molecule has 0 aliphatic rings. The molecule has 0 bridgehead atoms. The van der Waals surface area contributed by atoms with E-state index < -0.39 is 0 Å². The van der Waals surface area contributed by atoms with Gasteiger partial charge in [0.1, 0.15) is 0 Å². The molecule has 6 rings (SSSR count). The molecule has 0 radical (unpaired) electrons. The van der Waals surface area contributed by atoms with Crippen LogP contribution in [0.25, 0.3) is 21.2 Å². The van der Waals surface area contributed by atoms with E-state index in [4.69, 9.17) is 11.6 Å². The Hall–Kier alpha value is -4.05. The number of halogens is 1. The third-order valence-electron chi connectivity index (χ3n) is 10.0. The highest BCUT2D eigenvalue weighted by Gasteiger charge is 2.25. The first kappa shape index (κ1) is 37.7. The van der Waals surface area contributed by atoms with E-state index in [1.54, 1.807) is 11.3 Å². The van der Waals surface area contributed by atoms with Crippen LogP contribution in [0.4, 0.5) is 28.4 Å². The second-order valence-electron chi connectivity index (χ2n) is 18.4. The molecule has 1 aromatic heterocycles. The van der Waals surface area contributed by atoms with Crippen molar-refractivity contribution in [1.82, 2.24) is 0 Å². The Kier molecular flexibility index (Phi) is 9.96. The number of thiophene rings is 1. The maximum Gasteiger partial charge on any atom is 0.0881 e. The standard InChI is InChI=1S/C48H55ClN2S/c1-45(2,3)33-19-22-37(23-20-33)50-40-17-14-18-41(44(40)49)51(42-30-52-43-24-21-34(29-39(42)43)46(4,5)6)38-16-13-15-31(27-38)32-25-35(47(7,8)9)28-36(26-32)48(10,11)12/h13-30,50H,1-12H3. The summed E-state index contributed by atoms with van der Waals surface area (Å²) in [6, 6.07) is 38.0. The van der Waals surface area contributed by atoms with Gasteiger partial charge in [0, 0.05) is 26.8 Å². The average molecular weight is 728 g/mol. The van der Waals surface area contributed by atoms with Crippen LogP contribution in [0.3, 0.4) is 0 Å².